The van der Waals surface area contributed by atoms with Gasteiger partial charge >= 0.3 is 19.5 Å². The molecule has 0 N–H and O–H groups in total. The molecule has 0 fully saturated rings. The van der Waals surface area contributed by atoms with E-state index in [1.165, 1.54) is 56.9 Å². The number of benzene rings is 1. The maximum atomic E-state index is 11.4. The van der Waals surface area contributed by atoms with Crippen LogP contribution < -0.4 is 14.3 Å². The molecule has 0 atom stereocenters. The van der Waals surface area contributed by atoms with Crippen molar-refractivity contribution in [1.82, 2.24) is 0 Å². The van der Waals surface area contributed by atoms with E-state index in [1.54, 1.807) is 6.07 Å². The molecule has 0 heterocycles. The quantitative estimate of drug-likeness (QED) is 0.227. The maximum Gasteiger partial charge on any atom is 2.00 e. The molecular weight excluding hydrogens is 417 g/mol. The molecule has 0 aliphatic carbocycles. The van der Waals surface area contributed by atoms with Crippen molar-refractivity contribution < 1.29 is 33.8 Å². The third-order valence-corrected chi connectivity index (χ3v) is 5.16. The van der Waals surface area contributed by atoms with Crippen LogP contribution in [0.25, 0.3) is 0 Å². The first kappa shape index (κ1) is 26.2. The molecule has 0 aliphatic heterocycles. The minimum Gasteiger partial charge on any atom is -0.803 e. The normalized spacial score (nSPS) is 11.2. The van der Waals surface area contributed by atoms with Gasteiger partial charge in [0.05, 0.1) is 0 Å². The topological polar surface area (TPSA) is 55.3 Å². The van der Waals surface area contributed by atoms with Gasteiger partial charge in [-0.2, -0.15) is 0 Å². The van der Waals surface area contributed by atoms with Crippen molar-refractivity contribution >= 4 is 18.5 Å². The van der Waals surface area contributed by atoms with Crippen LogP contribution in [0, 0.1) is 0 Å². The van der Waals surface area contributed by atoms with Crippen molar-refractivity contribution in [2.24, 2.45) is 0 Å². The fraction of sp³-hybridized carbons (Fsp3) is 0.700. The summed E-state index contributed by atoms with van der Waals surface area (Å²) in [6.45, 7) is 0.228. The third kappa shape index (κ3) is 11.8. The summed E-state index contributed by atoms with van der Waals surface area (Å²) in [6.07, 6.45) is 13.9. The van der Waals surface area contributed by atoms with E-state index < -0.39 is 6.72 Å². The van der Waals surface area contributed by atoms with Crippen LogP contribution in [-0.2, 0) is 44.1 Å². The number of hydrogen-bond donors (Lipinski definition) is 0. The summed E-state index contributed by atoms with van der Waals surface area (Å²) in [5.41, 5.74) is 2.25. The fourth-order valence-corrected chi connectivity index (χ4v) is 3.81. The summed E-state index contributed by atoms with van der Waals surface area (Å²) in [6, 6.07) is 5.72. The van der Waals surface area contributed by atoms with Crippen LogP contribution in [0.5, 0.6) is 5.75 Å². The van der Waals surface area contributed by atoms with Crippen LogP contribution in [0.3, 0.4) is 0 Å². The van der Waals surface area contributed by atoms with Gasteiger partial charge in [0.25, 0.3) is 0 Å². The second kappa shape index (κ2) is 15.2. The number of unbranched alkanes of at least 4 members (excludes halogenated alkanes) is 8. The van der Waals surface area contributed by atoms with E-state index >= 15 is 0 Å². The van der Waals surface area contributed by atoms with Gasteiger partial charge < -0.3 is 14.3 Å². The number of rotatable bonds is 14. The predicted molar refractivity (Wildman–Crippen MR) is 106 cm³/mol. The number of aryl methyl sites for hydroxylation is 1. The Balaban J connectivity index is 0.00000625. The standard InChI is InChI=1S/C20H35O3PS.Zn/c1-3-5-7-9-11-14-18-15-13-17-20(23-24(21,22)25)19(18)16-12-10-8-6-4-2;/h13,15,17H,3-12,14,16H2,1-2H3,(H2,21,22,25);/q;+2/p-2. The minimum absolute atomic E-state index is 0. The van der Waals surface area contributed by atoms with E-state index in [0.717, 1.165) is 31.2 Å². The Morgan fingerprint density at radius 1 is 0.846 bits per heavy atom. The van der Waals surface area contributed by atoms with Crippen LogP contribution in [0.15, 0.2) is 18.2 Å². The van der Waals surface area contributed by atoms with Gasteiger partial charge in [-0.15, -0.1) is 0 Å². The van der Waals surface area contributed by atoms with Crippen LogP contribution in [-0.4, -0.2) is 0 Å². The average Bonchev–Trinajstić information content (AvgIpc) is 2.55. The Kier molecular flexibility index (Phi) is 15.3. The molecule has 0 bridgehead atoms. The zero-order valence-electron chi connectivity index (χ0n) is 16.5. The molecule has 0 radical (unpaired) electrons. The molecule has 6 heteroatoms. The van der Waals surface area contributed by atoms with E-state index in [4.69, 9.17) is 4.52 Å². The summed E-state index contributed by atoms with van der Waals surface area (Å²) in [7, 11) is 0. The first-order chi connectivity index (χ1) is 12.0. The Morgan fingerprint density at radius 3 is 1.92 bits per heavy atom. The molecule has 0 aromatic heterocycles. The van der Waals surface area contributed by atoms with Gasteiger partial charge in [0, 0.05) is 0 Å². The molecule has 0 amide bonds. The van der Waals surface area contributed by atoms with Gasteiger partial charge in [-0.05, 0) is 49.6 Å². The van der Waals surface area contributed by atoms with Crippen molar-refractivity contribution in [1.29, 1.82) is 0 Å². The van der Waals surface area contributed by atoms with Crippen LogP contribution in [0.2, 0.25) is 0 Å². The molecule has 0 aliphatic rings. The van der Waals surface area contributed by atoms with Crippen molar-refractivity contribution in [2.45, 2.75) is 90.9 Å². The largest absolute Gasteiger partial charge is 2.00 e. The van der Waals surface area contributed by atoms with Crippen molar-refractivity contribution in [3.05, 3.63) is 29.3 Å². The first-order valence-electron chi connectivity index (χ1n) is 9.80. The summed E-state index contributed by atoms with van der Waals surface area (Å²) in [5, 5.41) is 0. The van der Waals surface area contributed by atoms with Crippen molar-refractivity contribution in [2.75, 3.05) is 0 Å². The van der Waals surface area contributed by atoms with Crippen molar-refractivity contribution in [3.63, 3.8) is 0 Å². The fourth-order valence-electron chi connectivity index (χ4n) is 3.16. The second-order valence-corrected chi connectivity index (χ2v) is 9.18. The zero-order chi connectivity index (χ0) is 18.5. The van der Waals surface area contributed by atoms with E-state index in [1.807, 2.05) is 6.07 Å². The molecule has 1 aromatic carbocycles. The Morgan fingerprint density at radius 2 is 1.38 bits per heavy atom. The SMILES string of the molecule is CCCCCCCc1cccc(OP([O-])([O-])=S)c1CCCCCCC.[Zn+2]. The second-order valence-electron chi connectivity index (χ2n) is 6.76. The molecule has 1 rings (SSSR count). The smallest absolute Gasteiger partial charge is 0.803 e. The molecule has 144 valence electrons. The van der Waals surface area contributed by atoms with Crippen LogP contribution >= 0.6 is 6.72 Å². The predicted octanol–water partition coefficient (Wildman–Crippen LogP) is 5.03. The Hall–Kier alpha value is 0.213. The van der Waals surface area contributed by atoms with Crippen molar-refractivity contribution in [3.8, 4) is 5.75 Å². The molecular formula is C20H33O3PSZn. The zero-order valence-corrected chi connectivity index (χ0v) is 21.2. The van der Waals surface area contributed by atoms with Crippen LogP contribution in [0.1, 0.15) is 89.2 Å². The molecule has 0 saturated heterocycles. The molecule has 0 spiro atoms. The van der Waals surface area contributed by atoms with E-state index in [2.05, 4.69) is 31.7 Å². The summed E-state index contributed by atoms with van der Waals surface area (Å²) in [5.74, 6) is 0.440. The van der Waals surface area contributed by atoms with E-state index in [9.17, 15) is 9.79 Å². The summed E-state index contributed by atoms with van der Waals surface area (Å²) < 4.78 is 5.11. The summed E-state index contributed by atoms with van der Waals surface area (Å²) >= 11 is 4.45. The van der Waals surface area contributed by atoms with Gasteiger partial charge in [0.1, 0.15) is 5.75 Å². The minimum atomic E-state index is -4.19. The van der Waals surface area contributed by atoms with Gasteiger partial charge in [0.15, 0.2) is 0 Å². The van der Waals surface area contributed by atoms with Gasteiger partial charge in [0.2, 0.25) is 0 Å². The Bertz CT molecular complexity index is 534. The number of hydrogen-bond acceptors (Lipinski definition) is 4. The monoisotopic (exact) mass is 448 g/mol. The Labute approximate surface area is 178 Å². The first-order valence-corrected chi connectivity index (χ1v) is 12.4. The average molecular weight is 450 g/mol. The van der Waals surface area contributed by atoms with Gasteiger partial charge in [-0.25, -0.2) is 0 Å². The van der Waals surface area contributed by atoms with Crippen LogP contribution in [0.4, 0.5) is 0 Å². The summed E-state index contributed by atoms with van der Waals surface area (Å²) in [4.78, 5) is 22.9. The van der Waals surface area contributed by atoms with E-state index in [-0.39, 0.29) is 19.5 Å². The van der Waals surface area contributed by atoms with Gasteiger partial charge in [-0.3, -0.25) is 0 Å². The maximum absolute atomic E-state index is 11.4. The van der Waals surface area contributed by atoms with E-state index in [0.29, 0.717) is 5.75 Å². The van der Waals surface area contributed by atoms with Gasteiger partial charge in [-0.1, -0.05) is 89.2 Å². The molecule has 3 nitrogen and oxygen atoms in total. The molecule has 0 unspecified atom stereocenters. The molecule has 26 heavy (non-hydrogen) atoms. The third-order valence-electron chi connectivity index (χ3n) is 4.52. The molecule has 1 aromatic rings. The molecule has 0 saturated carbocycles.